The second kappa shape index (κ2) is 22.9. The summed E-state index contributed by atoms with van der Waals surface area (Å²) in [5.41, 5.74) is 23.1. The number of aromatic nitrogens is 7. The first kappa shape index (κ1) is 53.7. The third kappa shape index (κ3) is 10.0. The van der Waals surface area contributed by atoms with Gasteiger partial charge in [-0.15, -0.1) is 0 Å². The van der Waals surface area contributed by atoms with E-state index in [0.29, 0.717) is 23.3 Å². The Hall–Kier alpha value is -12.5. The quantitative estimate of drug-likeness (QED) is 0.120. The molecular weight excluding hydrogens is 1120 g/mol. The molecule has 0 fully saturated rings. The zero-order valence-corrected chi connectivity index (χ0v) is 49.6. The highest BCUT2D eigenvalue weighted by Crippen LogP contribution is 2.42. The topological polar surface area (TPSA) is 95.4 Å². The number of nitrogens with zero attached hydrogens (tertiary/aromatic N) is 7. The number of hydrogen-bond donors (Lipinski definition) is 0. The van der Waals surface area contributed by atoms with Gasteiger partial charge < -0.3 is 8.98 Å². The van der Waals surface area contributed by atoms with E-state index in [9.17, 15) is 0 Å². The second-order valence-corrected chi connectivity index (χ2v) is 23.1. The van der Waals surface area contributed by atoms with Crippen molar-refractivity contribution in [2.45, 2.75) is 0 Å². The van der Waals surface area contributed by atoms with Crippen LogP contribution in [0.5, 0.6) is 0 Å². The van der Waals surface area contributed by atoms with E-state index in [1.807, 2.05) is 97.3 Å². The molecule has 12 aromatic carbocycles. The van der Waals surface area contributed by atoms with E-state index >= 15 is 0 Å². The number of benzene rings is 12. The lowest BCUT2D eigenvalue weighted by molar-refractivity contribution is 0.670. The fourth-order valence-electron chi connectivity index (χ4n) is 12.8. The highest BCUT2D eigenvalue weighted by atomic mass is 16.3. The van der Waals surface area contributed by atoms with Gasteiger partial charge in [-0.2, -0.15) is 0 Å². The van der Waals surface area contributed by atoms with E-state index in [1.165, 1.54) is 27.6 Å². The number of fused-ring (bicyclic) bond motifs is 6. The molecule has 92 heavy (non-hydrogen) atoms. The Morgan fingerprint density at radius 2 is 0.652 bits per heavy atom. The standard InChI is InChI=1S/C84H53N7O/c1-4-20-54(21-5-1)57-26-14-27-58(44-57)59-28-15-29-60(45-59)62-42-43-78-73(49-62)70-36-10-12-40-77(70)91(78)69-52-85-81(86-53-69)66-34-16-30-61(46-66)68-50-72(80-74(51-68)71-37-11-13-41-79(71)92-80)63-31-17-32-64(47-63)75-38-19-39-76(87-75)65-33-18-35-67(48-65)84-89-82(55-22-6-2-7-23-55)88-83(90-84)56-24-8-3-9-25-56/h1-53H. The molecule has 5 aromatic heterocycles. The van der Waals surface area contributed by atoms with Gasteiger partial charge in [0.1, 0.15) is 11.2 Å². The molecule has 8 heteroatoms. The Morgan fingerprint density at radius 3 is 1.28 bits per heavy atom. The van der Waals surface area contributed by atoms with Crippen molar-refractivity contribution in [3.8, 4) is 129 Å². The second-order valence-electron chi connectivity index (χ2n) is 23.1. The molecule has 0 saturated heterocycles. The predicted molar refractivity (Wildman–Crippen MR) is 375 cm³/mol. The molecule has 17 rings (SSSR count). The fraction of sp³-hybridized carbons (Fsp3) is 0. The van der Waals surface area contributed by atoms with E-state index in [2.05, 4.69) is 229 Å². The monoisotopic (exact) mass is 1180 g/mol. The average molecular weight is 1180 g/mol. The molecule has 0 atom stereocenters. The number of para-hydroxylation sites is 2. The summed E-state index contributed by atoms with van der Waals surface area (Å²) in [4.78, 5) is 30.4. The van der Waals surface area contributed by atoms with Crippen molar-refractivity contribution in [2.24, 2.45) is 0 Å². The predicted octanol–water partition coefficient (Wildman–Crippen LogP) is 21.4. The Bertz CT molecular complexity index is 5590. The molecule has 0 unspecified atom stereocenters. The van der Waals surface area contributed by atoms with Crippen molar-refractivity contribution < 1.29 is 4.42 Å². The normalized spacial score (nSPS) is 11.5. The number of rotatable bonds is 12. The lowest BCUT2D eigenvalue weighted by Crippen LogP contribution is -2.00. The SMILES string of the molecule is c1ccc(-c2cccc(-c3cccc(-c4ccc5c(c4)c4ccccc4n5-c4cnc(-c5cccc(-c6cc(-c7cccc(-c8cccc(-c9cccc(-c%10nc(-c%11ccccc%11)nc(-c%11ccccc%11)n%10)c9)n8)c7)c7oc8ccccc8c7c6)c5)nc4)c3)c2)cc1. The molecule has 5 heterocycles. The first-order valence-electron chi connectivity index (χ1n) is 30.8. The summed E-state index contributed by atoms with van der Waals surface area (Å²) in [6.07, 6.45) is 3.89. The first-order chi connectivity index (χ1) is 45.5. The van der Waals surface area contributed by atoms with Gasteiger partial charge in [0, 0.05) is 60.5 Å². The van der Waals surface area contributed by atoms with Crippen LogP contribution in [0.15, 0.2) is 326 Å². The number of pyridine rings is 1. The van der Waals surface area contributed by atoms with Crippen LogP contribution >= 0.6 is 0 Å². The average Bonchev–Trinajstić information content (AvgIpc) is 1.61. The van der Waals surface area contributed by atoms with Gasteiger partial charge in [0.15, 0.2) is 23.3 Å². The van der Waals surface area contributed by atoms with E-state index in [4.69, 9.17) is 34.3 Å². The van der Waals surface area contributed by atoms with Crippen LogP contribution in [-0.2, 0) is 0 Å². The van der Waals surface area contributed by atoms with Crippen LogP contribution in [-0.4, -0.2) is 34.5 Å². The first-order valence-corrected chi connectivity index (χ1v) is 30.8. The molecule has 0 aliphatic heterocycles. The van der Waals surface area contributed by atoms with Gasteiger partial charge in [-0.05, 0) is 129 Å². The molecule has 0 aliphatic rings. The summed E-state index contributed by atoms with van der Waals surface area (Å²) in [5.74, 6) is 2.45. The van der Waals surface area contributed by atoms with Crippen LogP contribution in [0.3, 0.4) is 0 Å². The summed E-state index contributed by atoms with van der Waals surface area (Å²) in [5, 5.41) is 4.41. The van der Waals surface area contributed by atoms with Crippen molar-refractivity contribution in [1.82, 2.24) is 34.5 Å². The molecule has 8 nitrogen and oxygen atoms in total. The van der Waals surface area contributed by atoms with Crippen molar-refractivity contribution in [1.29, 1.82) is 0 Å². The minimum absolute atomic E-state index is 0.586. The van der Waals surface area contributed by atoms with Crippen LogP contribution in [0.4, 0.5) is 0 Å². The highest BCUT2D eigenvalue weighted by Gasteiger charge is 2.20. The zero-order chi connectivity index (χ0) is 60.9. The van der Waals surface area contributed by atoms with Gasteiger partial charge in [0.25, 0.3) is 0 Å². The largest absolute Gasteiger partial charge is 0.455 e. The summed E-state index contributed by atoms with van der Waals surface area (Å²) in [6.45, 7) is 0. The maximum absolute atomic E-state index is 6.76. The van der Waals surface area contributed by atoms with E-state index in [-0.39, 0.29) is 0 Å². The third-order valence-corrected chi connectivity index (χ3v) is 17.3. The molecule has 0 aliphatic carbocycles. The molecule has 430 valence electrons. The maximum Gasteiger partial charge on any atom is 0.164 e. The van der Waals surface area contributed by atoms with Crippen LogP contribution in [0.1, 0.15) is 0 Å². The van der Waals surface area contributed by atoms with Gasteiger partial charge in [-0.3, -0.25) is 0 Å². The van der Waals surface area contributed by atoms with E-state index in [0.717, 1.165) is 122 Å². The molecule has 0 bridgehead atoms. The Kier molecular flexibility index (Phi) is 13.4. The van der Waals surface area contributed by atoms with Gasteiger partial charge in [0.05, 0.1) is 40.5 Å². The maximum atomic E-state index is 6.76. The van der Waals surface area contributed by atoms with Crippen LogP contribution in [0, 0.1) is 0 Å². The van der Waals surface area contributed by atoms with Gasteiger partial charge in [-0.1, -0.05) is 231 Å². The summed E-state index contributed by atoms with van der Waals surface area (Å²) in [7, 11) is 0. The molecule has 0 radical (unpaired) electrons. The Morgan fingerprint density at radius 1 is 0.239 bits per heavy atom. The van der Waals surface area contributed by atoms with E-state index < -0.39 is 0 Å². The van der Waals surface area contributed by atoms with Crippen LogP contribution in [0.25, 0.3) is 173 Å². The third-order valence-electron chi connectivity index (χ3n) is 17.3. The molecule has 17 aromatic rings. The van der Waals surface area contributed by atoms with Crippen molar-refractivity contribution in [3.05, 3.63) is 322 Å². The molecule has 0 saturated carbocycles. The smallest absolute Gasteiger partial charge is 0.164 e. The fourth-order valence-corrected chi connectivity index (χ4v) is 12.8. The van der Waals surface area contributed by atoms with Crippen LogP contribution in [0.2, 0.25) is 0 Å². The summed E-state index contributed by atoms with van der Waals surface area (Å²) < 4.78 is 9.03. The molecule has 0 spiro atoms. The Labute approximate surface area is 530 Å². The number of hydrogen-bond acceptors (Lipinski definition) is 7. The highest BCUT2D eigenvalue weighted by molar-refractivity contribution is 6.12. The van der Waals surface area contributed by atoms with Gasteiger partial charge in [-0.25, -0.2) is 29.9 Å². The molecule has 0 amide bonds. The van der Waals surface area contributed by atoms with Crippen molar-refractivity contribution in [3.63, 3.8) is 0 Å². The van der Waals surface area contributed by atoms with Crippen molar-refractivity contribution in [2.75, 3.05) is 0 Å². The summed E-state index contributed by atoms with van der Waals surface area (Å²) >= 11 is 0. The zero-order valence-electron chi connectivity index (χ0n) is 49.6. The van der Waals surface area contributed by atoms with Crippen LogP contribution < -0.4 is 0 Å². The van der Waals surface area contributed by atoms with Gasteiger partial charge in [0.2, 0.25) is 0 Å². The minimum atomic E-state index is 0.586. The lowest BCUT2D eigenvalue weighted by atomic mass is 9.94. The molecule has 0 N–H and O–H groups in total. The minimum Gasteiger partial charge on any atom is -0.455 e. The van der Waals surface area contributed by atoms with Gasteiger partial charge >= 0.3 is 0 Å². The summed E-state index contributed by atoms with van der Waals surface area (Å²) in [6, 6.07) is 108. The van der Waals surface area contributed by atoms with E-state index in [1.54, 1.807) is 0 Å². The van der Waals surface area contributed by atoms with Crippen molar-refractivity contribution >= 4 is 43.7 Å². The number of furan rings is 1. The molecular formula is C84H53N7O. The lowest BCUT2D eigenvalue weighted by Gasteiger charge is -2.12. The Balaban J connectivity index is 0.679.